The molecule has 3 N–H and O–H groups in total. The van der Waals surface area contributed by atoms with Crippen molar-refractivity contribution in [1.29, 1.82) is 0 Å². The molecule has 0 aliphatic heterocycles. The molecule has 0 saturated heterocycles. The fourth-order valence-electron chi connectivity index (χ4n) is 1.85. The lowest BCUT2D eigenvalue weighted by Crippen LogP contribution is -2.22. The molecule has 2 aromatic rings. The van der Waals surface area contributed by atoms with Crippen LogP contribution < -0.4 is 16.0 Å². The number of carbonyl (C=O) groups is 2. The largest absolute Gasteiger partial charge is 0.374 e. The number of anilines is 3. The first kappa shape index (κ1) is 16.4. The Morgan fingerprint density at radius 3 is 2.13 bits per heavy atom. The van der Waals surface area contributed by atoms with Crippen LogP contribution in [0, 0.1) is 11.6 Å². The highest BCUT2D eigenvalue weighted by molar-refractivity contribution is 5.94. The molecule has 0 aromatic heterocycles. The lowest BCUT2D eigenvalue weighted by Gasteiger charge is -2.09. The second-order valence-electron chi connectivity index (χ2n) is 4.78. The third kappa shape index (κ3) is 5.06. The molecule has 0 aliphatic rings. The average Bonchev–Trinajstić information content (AvgIpc) is 2.48. The SMILES string of the molecule is CC(=O)Nc1ccc(NC(=O)CNc2ccc(F)cc2F)cc1. The molecule has 0 fully saturated rings. The summed E-state index contributed by atoms with van der Waals surface area (Å²) in [6, 6.07) is 9.60. The Kier molecular flexibility index (Phi) is 5.24. The summed E-state index contributed by atoms with van der Waals surface area (Å²) in [6.45, 7) is 1.23. The van der Waals surface area contributed by atoms with Crippen LogP contribution in [0.4, 0.5) is 25.8 Å². The zero-order valence-electron chi connectivity index (χ0n) is 12.3. The third-order valence-electron chi connectivity index (χ3n) is 2.86. The standard InChI is InChI=1S/C16H15F2N3O2/c1-10(22)20-12-3-5-13(6-4-12)21-16(23)9-19-15-7-2-11(17)8-14(15)18/h2-8,19H,9H2,1H3,(H,20,22)(H,21,23). The van der Waals surface area contributed by atoms with Gasteiger partial charge < -0.3 is 16.0 Å². The first-order chi connectivity index (χ1) is 10.9. The van der Waals surface area contributed by atoms with Crippen LogP contribution in [0.2, 0.25) is 0 Å². The molecule has 120 valence electrons. The van der Waals surface area contributed by atoms with Gasteiger partial charge in [-0.25, -0.2) is 8.78 Å². The molecule has 5 nitrogen and oxygen atoms in total. The van der Waals surface area contributed by atoms with Crippen LogP contribution in [0.1, 0.15) is 6.92 Å². The topological polar surface area (TPSA) is 70.2 Å². The Balaban J connectivity index is 1.88. The lowest BCUT2D eigenvalue weighted by atomic mass is 10.2. The van der Waals surface area contributed by atoms with Gasteiger partial charge in [0.25, 0.3) is 0 Å². The van der Waals surface area contributed by atoms with E-state index in [0.717, 1.165) is 12.1 Å². The Bertz CT molecular complexity index is 718. The maximum atomic E-state index is 13.4. The molecule has 0 bridgehead atoms. The molecule has 7 heteroatoms. The quantitative estimate of drug-likeness (QED) is 0.793. The summed E-state index contributed by atoms with van der Waals surface area (Å²) < 4.78 is 26.2. The molecule has 2 rings (SSSR count). The van der Waals surface area contributed by atoms with Crippen LogP contribution in [0.15, 0.2) is 42.5 Å². The average molecular weight is 319 g/mol. The summed E-state index contributed by atoms with van der Waals surface area (Å²) in [7, 11) is 0. The van der Waals surface area contributed by atoms with E-state index in [2.05, 4.69) is 16.0 Å². The summed E-state index contributed by atoms with van der Waals surface area (Å²) in [4.78, 5) is 22.7. The predicted molar refractivity (Wildman–Crippen MR) is 84.2 cm³/mol. The molecule has 0 heterocycles. The first-order valence-corrected chi connectivity index (χ1v) is 6.80. The second kappa shape index (κ2) is 7.35. The number of nitrogens with one attached hydrogen (secondary N) is 3. The van der Waals surface area contributed by atoms with Crippen molar-refractivity contribution in [2.24, 2.45) is 0 Å². The lowest BCUT2D eigenvalue weighted by molar-refractivity contribution is -0.115. The minimum atomic E-state index is -0.766. The second-order valence-corrected chi connectivity index (χ2v) is 4.78. The van der Waals surface area contributed by atoms with Crippen molar-refractivity contribution in [2.45, 2.75) is 6.92 Å². The van der Waals surface area contributed by atoms with E-state index in [1.54, 1.807) is 24.3 Å². The van der Waals surface area contributed by atoms with Gasteiger partial charge in [0.2, 0.25) is 11.8 Å². The minimum absolute atomic E-state index is 0.0440. The molecule has 23 heavy (non-hydrogen) atoms. The number of hydrogen-bond acceptors (Lipinski definition) is 3. The molecular formula is C16H15F2N3O2. The van der Waals surface area contributed by atoms with Crippen molar-refractivity contribution >= 4 is 28.9 Å². The van der Waals surface area contributed by atoms with E-state index in [4.69, 9.17) is 0 Å². The highest BCUT2D eigenvalue weighted by atomic mass is 19.1. The molecule has 2 aromatic carbocycles. The van der Waals surface area contributed by atoms with E-state index >= 15 is 0 Å². The van der Waals surface area contributed by atoms with Gasteiger partial charge in [-0.3, -0.25) is 9.59 Å². The van der Waals surface area contributed by atoms with Gasteiger partial charge in [0, 0.05) is 24.4 Å². The van der Waals surface area contributed by atoms with Crippen molar-refractivity contribution in [3.8, 4) is 0 Å². The van der Waals surface area contributed by atoms with Crippen LogP contribution in [0.25, 0.3) is 0 Å². The molecular weight excluding hydrogens is 304 g/mol. The molecule has 0 unspecified atom stereocenters. The van der Waals surface area contributed by atoms with E-state index in [9.17, 15) is 18.4 Å². The third-order valence-corrected chi connectivity index (χ3v) is 2.86. The molecule has 0 radical (unpaired) electrons. The summed E-state index contributed by atoms with van der Waals surface area (Å²) in [5.74, 6) is -2.03. The van der Waals surface area contributed by atoms with E-state index in [1.165, 1.54) is 13.0 Å². The zero-order chi connectivity index (χ0) is 16.8. The zero-order valence-corrected chi connectivity index (χ0v) is 12.3. The Labute approximate surface area is 131 Å². The predicted octanol–water partition coefficient (Wildman–Crippen LogP) is 2.97. The van der Waals surface area contributed by atoms with E-state index in [0.29, 0.717) is 11.4 Å². The minimum Gasteiger partial charge on any atom is -0.374 e. The molecule has 0 aliphatic carbocycles. The normalized spacial score (nSPS) is 10.0. The van der Waals surface area contributed by atoms with Crippen molar-refractivity contribution in [3.63, 3.8) is 0 Å². The smallest absolute Gasteiger partial charge is 0.243 e. The summed E-state index contributed by atoms with van der Waals surface area (Å²) in [6.07, 6.45) is 0. The van der Waals surface area contributed by atoms with Crippen molar-refractivity contribution in [3.05, 3.63) is 54.1 Å². The van der Waals surface area contributed by atoms with Gasteiger partial charge in [-0.1, -0.05) is 0 Å². The number of rotatable bonds is 5. The van der Waals surface area contributed by atoms with E-state index in [1.807, 2.05) is 0 Å². The van der Waals surface area contributed by atoms with Gasteiger partial charge in [-0.05, 0) is 36.4 Å². The molecule has 2 amide bonds. The fraction of sp³-hybridized carbons (Fsp3) is 0.125. The van der Waals surface area contributed by atoms with Crippen molar-refractivity contribution < 1.29 is 18.4 Å². The highest BCUT2D eigenvalue weighted by Crippen LogP contribution is 2.15. The van der Waals surface area contributed by atoms with Gasteiger partial charge in [0.05, 0.1) is 12.2 Å². The number of hydrogen-bond donors (Lipinski definition) is 3. The molecule has 0 atom stereocenters. The van der Waals surface area contributed by atoms with E-state index in [-0.39, 0.29) is 24.0 Å². The number of amides is 2. The number of benzene rings is 2. The monoisotopic (exact) mass is 319 g/mol. The number of carbonyl (C=O) groups excluding carboxylic acids is 2. The fourth-order valence-corrected chi connectivity index (χ4v) is 1.85. The van der Waals surface area contributed by atoms with Crippen LogP contribution in [0.3, 0.4) is 0 Å². The summed E-state index contributed by atoms with van der Waals surface area (Å²) in [5, 5.41) is 7.81. The van der Waals surface area contributed by atoms with Gasteiger partial charge in [0.1, 0.15) is 11.6 Å². The maximum Gasteiger partial charge on any atom is 0.243 e. The molecule has 0 spiro atoms. The highest BCUT2D eigenvalue weighted by Gasteiger charge is 2.06. The van der Waals surface area contributed by atoms with Crippen LogP contribution >= 0.6 is 0 Å². The first-order valence-electron chi connectivity index (χ1n) is 6.80. The summed E-state index contributed by atoms with van der Waals surface area (Å²) >= 11 is 0. The van der Waals surface area contributed by atoms with Crippen LogP contribution in [-0.2, 0) is 9.59 Å². The Hall–Kier alpha value is -2.96. The Morgan fingerprint density at radius 2 is 1.57 bits per heavy atom. The Morgan fingerprint density at radius 1 is 0.957 bits per heavy atom. The van der Waals surface area contributed by atoms with Gasteiger partial charge in [0.15, 0.2) is 0 Å². The van der Waals surface area contributed by atoms with Gasteiger partial charge in [-0.2, -0.15) is 0 Å². The summed E-state index contributed by atoms with van der Waals surface area (Å²) in [5.41, 5.74) is 1.19. The maximum absolute atomic E-state index is 13.4. The van der Waals surface area contributed by atoms with Gasteiger partial charge >= 0.3 is 0 Å². The van der Waals surface area contributed by atoms with E-state index < -0.39 is 11.6 Å². The van der Waals surface area contributed by atoms with Crippen molar-refractivity contribution in [2.75, 3.05) is 22.5 Å². The number of halogens is 2. The van der Waals surface area contributed by atoms with Gasteiger partial charge in [-0.15, -0.1) is 0 Å². The molecule has 0 saturated carbocycles. The van der Waals surface area contributed by atoms with Crippen molar-refractivity contribution in [1.82, 2.24) is 0 Å². The van der Waals surface area contributed by atoms with Crippen LogP contribution in [-0.4, -0.2) is 18.4 Å². The van der Waals surface area contributed by atoms with Crippen LogP contribution in [0.5, 0.6) is 0 Å².